The lowest BCUT2D eigenvalue weighted by atomic mass is 10.5. The molecule has 0 aliphatic carbocycles. The van der Waals surface area contributed by atoms with E-state index in [1.54, 1.807) is 19.5 Å². The van der Waals surface area contributed by atoms with Crippen LogP contribution in [0, 0.1) is 0 Å². The summed E-state index contributed by atoms with van der Waals surface area (Å²) in [6, 6.07) is 3.69. The fourth-order valence-corrected chi connectivity index (χ4v) is 0.468. The molecule has 1 aromatic rings. The lowest BCUT2D eigenvalue weighted by molar-refractivity contribution is 0.413. The molecule has 0 aliphatic rings. The van der Waals surface area contributed by atoms with Crippen molar-refractivity contribution in [2.24, 2.45) is 0 Å². The Morgan fingerprint density at radius 1 is 1.46 bits per heavy atom. The summed E-state index contributed by atoms with van der Waals surface area (Å²) in [4.78, 5) is 5.96. The monoisotopic (exact) mass is 182 g/mol. The van der Waals surface area contributed by atoms with Crippen LogP contribution in [0.5, 0.6) is 5.75 Å². The molecule has 1 rings (SSSR count). The predicted molar refractivity (Wildman–Crippen MR) is 55.0 cm³/mol. The predicted octanol–water partition coefficient (Wildman–Crippen LogP) is 1.66. The molecule has 74 valence electrons. The highest BCUT2D eigenvalue weighted by Gasteiger charge is 1.81. The summed E-state index contributed by atoms with van der Waals surface area (Å²) in [5, 5.41) is 0. The molecule has 0 unspecified atom stereocenters. The normalized spacial score (nSPS) is 9.00. The minimum Gasteiger partial charge on any atom is -0.495 e. The number of ether oxygens (including phenoxy) is 1. The third-order valence-electron chi connectivity index (χ3n) is 1.50. The Morgan fingerprint density at radius 2 is 2.08 bits per heavy atom. The average molecular weight is 182 g/mol. The van der Waals surface area contributed by atoms with Gasteiger partial charge in [0, 0.05) is 6.20 Å². The largest absolute Gasteiger partial charge is 0.495 e. The van der Waals surface area contributed by atoms with Crippen molar-refractivity contribution in [3.05, 3.63) is 24.5 Å². The maximum Gasteiger partial charge on any atom is 0.137 e. The number of aromatic nitrogens is 1. The zero-order chi connectivity index (χ0) is 10.1. The SMILES string of the molecule is CCN(C)C.COc1cccnc1. The van der Waals surface area contributed by atoms with Crippen molar-refractivity contribution in [3.63, 3.8) is 0 Å². The molecule has 0 saturated carbocycles. The topological polar surface area (TPSA) is 25.4 Å². The van der Waals surface area contributed by atoms with E-state index in [9.17, 15) is 0 Å². The summed E-state index contributed by atoms with van der Waals surface area (Å²) < 4.78 is 4.85. The molecule has 0 aromatic carbocycles. The van der Waals surface area contributed by atoms with Gasteiger partial charge < -0.3 is 9.64 Å². The second-order valence-corrected chi connectivity index (χ2v) is 2.79. The first kappa shape index (κ1) is 11.9. The van der Waals surface area contributed by atoms with Gasteiger partial charge >= 0.3 is 0 Å². The van der Waals surface area contributed by atoms with Gasteiger partial charge in [0.15, 0.2) is 0 Å². The molecule has 13 heavy (non-hydrogen) atoms. The molecule has 0 N–H and O–H groups in total. The highest BCUT2D eigenvalue weighted by Crippen LogP contribution is 2.02. The van der Waals surface area contributed by atoms with E-state index in [4.69, 9.17) is 4.74 Å². The lowest BCUT2D eigenvalue weighted by Gasteiger charge is -2.00. The van der Waals surface area contributed by atoms with Crippen molar-refractivity contribution >= 4 is 0 Å². The molecule has 0 atom stereocenters. The van der Waals surface area contributed by atoms with Crippen molar-refractivity contribution in [1.82, 2.24) is 9.88 Å². The molecule has 0 bridgehead atoms. The lowest BCUT2D eigenvalue weighted by Crippen LogP contribution is -2.08. The summed E-state index contributed by atoms with van der Waals surface area (Å²) >= 11 is 0. The molecular formula is C10H18N2O. The van der Waals surface area contributed by atoms with Crippen molar-refractivity contribution < 1.29 is 4.74 Å². The van der Waals surface area contributed by atoms with Gasteiger partial charge in [-0.2, -0.15) is 0 Å². The maximum atomic E-state index is 4.85. The standard InChI is InChI=1S/C6H7NO.C4H11N/c1-8-6-3-2-4-7-5-6;1-4-5(2)3/h2-5H,1H3;4H2,1-3H3. The second-order valence-electron chi connectivity index (χ2n) is 2.79. The van der Waals surface area contributed by atoms with Crippen LogP contribution < -0.4 is 4.74 Å². The number of rotatable bonds is 2. The van der Waals surface area contributed by atoms with E-state index in [1.165, 1.54) is 0 Å². The first-order chi connectivity index (χ1) is 6.20. The Labute approximate surface area is 80.4 Å². The number of pyridine rings is 1. The fourth-order valence-electron chi connectivity index (χ4n) is 0.468. The second kappa shape index (κ2) is 7.55. The van der Waals surface area contributed by atoms with Gasteiger partial charge in [0.25, 0.3) is 0 Å². The van der Waals surface area contributed by atoms with Crippen LogP contribution in [-0.2, 0) is 0 Å². The summed E-state index contributed by atoms with van der Waals surface area (Å²) in [5.41, 5.74) is 0. The van der Waals surface area contributed by atoms with Crippen molar-refractivity contribution in [2.45, 2.75) is 6.92 Å². The molecule has 0 amide bonds. The van der Waals surface area contributed by atoms with E-state index in [0.29, 0.717) is 0 Å². The number of hydrogen-bond acceptors (Lipinski definition) is 3. The zero-order valence-corrected chi connectivity index (χ0v) is 8.82. The molecular weight excluding hydrogens is 164 g/mol. The van der Waals surface area contributed by atoms with Gasteiger partial charge in [0.2, 0.25) is 0 Å². The Hall–Kier alpha value is -1.09. The van der Waals surface area contributed by atoms with Crippen molar-refractivity contribution in [2.75, 3.05) is 27.7 Å². The molecule has 0 radical (unpaired) electrons. The average Bonchev–Trinajstić information content (AvgIpc) is 2.20. The van der Waals surface area contributed by atoms with Gasteiger partial charge in [-0.1, -0.05) is 6.92 Å². The Balaban J connectivity index is 0.000000252. The van der Waals surface area contributed by atoms with E-state index in [1.807, 2.05) is 12.1 Å². The highest BCUT2D eigenvalue weighted by molar-refractivity contribution is 5.14. The summed E-state index contributed by atoms with van der Waals surface area (Å²) in [7, 11) is 5.73. The molecule has 3 heteroatoms. The van der Waals surface area contributed by atoms with Crippen LogP contribution >= 0.6 is 0 Å². The Kier molecular flexibility index (Phi) is 6.92. The van der Waals surface area contributed by atoms with Gasteiger partial charge in [-0.15, -0.1) is 0 Å². The molecule has 0 aliphatic heterocycles. The van der Waals surface area contributed by atoms with Crippen LogP contribution in [-0.4, -0.2) is 37.6 Å². The zero-order valence-electron chi connectivity index (χ0n) is 8.82. The third kappa shape index (κ3) is 7.28. The highest BCUT2D eigenvalue weighted by atomic mass is 16.5. The van der Waals surface area contributed by atoms with Crippen LogP contribution in [0.1, 0.15) is 6.92 Å². The van der Waals surface area contributed by atoms with Crippen LogP contribution in [0.15, 0.2) is 24.5 Å². The van der Waals surface area contributed by atoms with E-state index in [2.05, 4.69) is 30.9 Å². The van der Waals surface area contributed by atoms with E-state index < -0.39 is 0 Å². The Bertz CT molecular complexity index is 199. The van der Waals surface area contributed by atoms with Crippen LogP contribution in [0.3, 0.4) is 0 Å². The quantitative estimate of drug-likeness (QED) is 0.695. The van der Waals surface area contributed by atoms with Crippen LogP contribution in [0.25, 0.3) is 0 Å². The smallest absolute Gasteiger partial charge is 0.137 e. The molecule has 1 heterocycles. The van der Waals surface area contributed by atoms with Gasteiger partial charge in [-0.05, 0) is 32.8 Å². The van der Waals surface area contributed by atoms with E-state index in [-0.39, 0.29) is 0 Å². The van der Waals surface area contributed by atoms with Crippen molar-refractivity contribution in [1.29, 1.82) is 0 Å². The minimum absolute atomic E-state index is 0.799. The number of nitrogens with zero attached hydrogens (tertiary/aromatic N) is 2. The van der Waals surface area contributed by atoms with Gasteiger partial charge in [0.05, 0.1) is 13.3 Å². The molecule has 0 fully saturated rings. The summed E-state index contributed by atoms with van der Waals surface area (Å²) in [5.74, 6) is 0.799. The first-order valence-corrected chi connectivity index (χ1v) is 4.29. The molecule has 1 aromatic heterocycles. The van der Waals surface area contributed by atoms with Gasteiger partial charge in [-0.25, -0.2) is 0 Å². The molecule has 3 nitrogen and oxygen atoms in total. The fraction of sp³-hybridized carbons (Fsp3) is 0.500. The molecule has 0 spiro atoms. The molecule has 0 saturated heterocycles. The number of methoxy groups -OCH3 is 1. The van der Waals surface area contributed by atoms with Crippen LogP contribution in [0.2, 0.25) is 0 Å². The Morgan fingerprint density at radius 3 is 2.31 bits per heavy atom. The van der Waals surface area contributed by atoms with Crippen molar-refractivity contribution in [3.8, 4) is 5.75 Å². The van der Waals surface area contributed by atoms with Crippen LogP contribution in [0.4, 0.5) is 0 Å². The number of hydrogen-bond donors (Lipinski definition) is 0. The van der Waals surface area contributed by atoms with E-state index >= 15 is 0 Å². The van der Waals surface area contributed by atoms with E-state index in [0.717, 1.165) is 12.3 Å². The summed E-state index contributed by atoms with van der Waals surface area (Å²) in [6.45, 7) is 3.26. The van der Waals surface area contributed by atoms with Gasteiger partial charge in [0.1, 0.15) is 5.75 Å². The minimum atomic E-state index is 0.799. The van der Waals surface area contributed by atoms with Gasteiger partial charge in [-0.3, -0.25) is 4.98 Å². The maximum absolute atomic E-state index is 4.85. The summed E-state index contributed by atoms with van der Waals surface area (Å²) in [6.07, 6.45) is 3.38. The third-order valence-corrected chi connectivity index (χ3v) is 1.50. The first-order valence-electron chi connectivity index (χ1n) is 4.29.